The number of fused-ring (bicyclic) bond motifs is 1. The molecular weight excluding hydrogens is 403 g/mol. The Kier molecular flexibility index (Phi) is 4.46. The fourth-order valence-electron chi connectivity index (χ4n) is 2.97. The molecular formula is C20H14Cl2N2O2S. The Morgan fingerprint density at radius 2 is 1.74 bits per heavy atom. The second-order valence-electron chi connectivity index (χ2n) is 6.16. The van der Waals surface area contributed by atoms with Crippen LogP contribution in [0.3, 0.4) is 0 Å². The molecule has 2 heterocycles. The van der Waals surface area contributed by atoms with Gasteiger partial charge in [0.1, 0.15) is 0 Å². The topological polar surface area (TPSA) is 52.0 Å². The number of pyridine rings is 1. The smallest absolute Gasteiger partial charge is 0.237 e. The van der Waals surface area contributed by atoms with Crippen molar-refractivity contribution in [2.45, 2.75) is 11.8 Å². The van der Waals surface area contributed by atoms with Gasteiger partial charge in [0.05, 0.1) is 9.92 Å². The molecule has 0 saturated heterocycles. The highest BCUT2D eigenvalue weighted by Gasteiger charge is 2.24. The number of hydrogen-bond acceptors (Lipinski definition) is 3. The first-order chi connectivity index (χ1) is 12.9. The van der Waals surface area contributed by atoms with Gasteiger partial charge in [-0.1, -0.05) is 53.0 Å². The molecule has 0 unspecified atom stereocenters. The Bertz CT molecular complexity index is 1260. The minimum atomic E-state index is -3.83. The summed E-state index contributed by atoms with van der Waals surface area (Å²) in [7, 11) is -3.83. The van der Waals surface area contributed by atoms with E-state index in [2.05, 4.69) is 4.98 Å². The molecule has 0 atom stereocenters. The normalized spacial score (nSPS) is 11.8. The lowest BCUT2D eigenvalue weighted by Gasteiger charge is -2.07. The molecule has 2 aromatic heterocycles. The average Bonchev–Trinajstić information content (AvgIpc) is 3.04. The van der Waals surface area contributed by atoms with Gasteiger partial charge in [0.15, 0.2) is 5.65 Å². The number of hydrogen-bond donors (Lipinski definition) is 0. The van der Waals surface area contributed by atoms with Crippen LogP contribution in [0.15, 0.2) is 71.9 Å². The van der Waals surface area contributed by atoms with E-state index in [1.807, 2.05) is 13.0 Å². The Morgan fingerprint density at radius 3 is 2.44 bits per heavy atom. The molecule has 136 valence electrons. The summed E-state index contributed by atoms with van der Waals surface area (Å²) in [6.45, 7) is 1.90. The maximum Gasteiger partial charge on any atom is 0.269 e. The van der Waals surface area contributed by atoms with Crippen molar-refractivity contribution in [2.75, 3.05) is 0 Å². The summed E-state index contributed by atoms with van der Waals surface area (Å²) in [5.41, 5.74) is 2.67. The molecule has 0 aliphatic rings. The summed E-state index contributed by atoms with van der Waals surface area (Å²) < 4.78 is 27.6. The molecule has 0 saturated carbocycles. The quantitative estimate of drug-likeness (QED) is 0.439. The fourth-order valence-corrected chi connectivity index (χ4v) is 4.72. The van der Waals surface area contributed by atoms with E-state index in [0.717, 1.165) is 11.1 Å². The Hall–Kier alpha value is -2.34. The molecule has 27 heavy (non-hydrogen) atoms. The van der Waals surface area contributed by atoms with E-state index in [0.29, 0.717) is 21.0 Å². The summed E-state index contributed by atoms with van der Waals surface area (Å²) in [5, 5.41) is 1.54. The van der Waals surface area contributed by atoms with Crippen LogP contribution in [-0.2, 0) is 10.0 Å². The molecule has 0 radical (unpaired) electrons. The average molecular weight is 417 g/mol. The van der Waals surface area contributed by atoms with E-state index in [-0.39, 0.29) is 10.5 Å². The van der Waals surface area contributed by atoms with Crippen molar-refractivity contribution >= 4 is 44.3 Å². The van der Waals surface area contributed by atoms with Crippen molar-refractivity contribution in [2.24, 2.45) is 0 Å². The van der Waals surface area contributed by atoms with Gasteiger partial charge in [0, 0.05) is 28.4 Å². The molecule has 0 fully saturated rings. The van der Waals surface area contributed by atoms with Crippen LogP contribution in [-0.4, -0.2) is 17.4 Å². The largest absolute Gasteiger partial charge is 0.269 e. The minimum absolute atomic E-state index is 0.185. The predicted octanol–water partition coefficient (Wildman–Crippen LogP) is 5.56. The van der Waals surface area contributed by atoms with Crippen LogP contribution in [0.25, 0.3) is 22.2 Å². The number of aromatic nitrogens is 2. The van der Waals surface area contributed by atoms with Gasteiger partial charge in [0.25, 0.3) is 10.0 Å². The first-order valence-electron chi connectivity index (χ1n) is 8.12. The Balaban J connectivity index is 2.03. The highest BCUT2D eigenvalue weighted by Crippen LogP contribution is 2.36. The standard InChI is InChI=1S/C20H14Cl2N2O2S/c1-13-5-7-16(8-6-13)27(25,26)24-12-17(14-3-2-4-15(21)11-14)19-18(22)9-10-23-20(19)24/h2-12H,1H3. The zero-order valence-electron chi connectivity index (χ0n) is 14.2. The third-order valence-corrected chi connectivity index (χ3v) is 6.53. The molecule has 7 heteroatoms. The van der Waals surface area contributed by atoms with Gasteiger partial charge in [-0.05, 0) is 42.8 Å². The molecule has 4 nitrogen and oxygen atoms in total. The molecule has 4 aromatic rings. The number of aryl methyl sites for hydroxylation is 1. The van der Waals surface area contributed by atoms with E-state index < -0.39 is 10.0 Å². The number of halogens is 2. The molecule has 4 rings (SSSR count). The third kappa shape index (κ3) is 3.12. The predicted molar refractivity (Wildman–Crippen MR) is 109 cm³/mol. The van der Waals surface area contributed by atoms with Crippen LogP contribution in [0, 0.1) is 6.92 Å². The zero-order chi connectivity index (χ0) is 19.2. The minimum Gasteiger partial charge on any atom is -0.237 e. The van der Waals surface area contributed by atoms with Gasteiger partial charge in [-0.15, -0.1) is 0 Å². The summed E-state index contributed by atoms with van der Waals surface area (Å²) in [5.74, 6) is 0. The van der Waals surface area contributed by atoms with Crippen molar-refractivity contribution in [3.8, 4) is 11.1 Å². The van der Waals surface area contributed by atoms with Crippen LogP contribution >= 0.6 is 23.2 Å². The number of nitrogens with zero attached hydrogens (tertiary/aromatic N) is 2. The van der Waals surface area contributed by atoms with Crippen molar-refractivity contribution in [1.82, 2.24) is 8.96 Å². The molecule has 0 spiro atoms. The van der Waals surface area contributed by atoms with E-state index in [4.69, 9.17) is 23.2 Å². The van der Waals surface area contributed by atoms with Crippen molar-refractivity contribution in [3.05, 3.63) is 82.6 Å². The molecule has 0 amide bonds. The summed E-state index contributed by atoms with van der Waals surface area (Å²) in [6, 6.07) is 15.5. The van der Waals surface area contributed by atoms with Crippen LogP contribution in [0.4, 0.5) is 0 Å². The van der Waals surface area contributed by atoms with Crippen LogP contribution in [0.1, 0.15) is 5.56 Å². The van der Waals surface area contributed by atoms with E-state index >= 15 is 0 Å². The van der Waals surface area contributed by atoms with E-state index in [1.54, 1.807) is 54.7 Å². The second-order valence-corrected chi connectivity index (χ2v) is 8.82. The lowest BCUT2D eigenvalue weighted by Crippen LogP contribution is -2.12. The first kappa shape index (κ1) is 18.0. The maximum absolute atomic E-state index is 13.2. The molecule has 0 N–H and O–H groups in total. The van der Waals surface area contributed by atoms with Crippen LogP contribution < -0.4 is 0 Å². The number of benzene rings is 2. The van der Waals surface area contributed by atoms with Gasteiger partial charge < -0.3 is 0 Å². The summed E-state index contributed by atoms with van der Waals surface area (Å²) in [6.07, 6.45) is 3.04. The SMILES string of the molecule is Cc1ccc(S(=O)(=O)n2cc(-c3cccc(Cl)c3)c3c(Cl)ccnc32)cc1. The lowest BCUT2D eigenvalue weighted by molar-refractivity contribution is 0.589. The van der Waals surface area contributed by atoms with Gasteiger partial charge in [-0.3, -0.25) is 0 Å². The monoisotopic (exact) mass is 416 g/mol. The van der Waals surface area contributed by atoms with E-state index in [9.17, 15) is 8.42 Å². The lowest BCUT2D eigenvalue weighted by atomic mass is 10.1. The van der Waals surface area contributed by atoms with Gasteiger partial charge >= 0.3 is 0 Å². The van der Waals surface area contributed by atoms with Crippen LogP contribution in [0.2, 0.25) is 10.0 Å². The molecule has 0 aliphatic heterocycles. The van der Waals surface area contributed by atoms with Crippen molar-refractivity contribution in [1.29, 1.82) is 0 Å². The second kappa shape index (κ2) is 6.68. The van der Waals surface area contributed by atoms with Gasteiger partial charge in [-0.25, -0.2) is 17.4 Å². The summed E-state index contributed by atoms with van der Waals surface area (Å²) in [4.78, 5) is 4.47. The Morgan fingerprint density at radius 1 is 1.00 bits per heavy atom. The van der Waals surface area contributed by atoms with Gasteiger partial charge in [0.2, 0.25) is 0 Å². The highest BCUT2D eigenvalue weighted by molar-refractivity contribution is 7.90. The van der Waals surface area contributed by atoms with Crippen molar-refractivity contribution in [3.63, 3.8) is 0 Å². The Labute approximate surface area is 167 Å². The van der Waals surface area contributed by atoms with Crippen LogP contribution in [0.5, 0.6) is 0 Å². The van der Waals surface area contributed by atoms with E-state index in [1.165, 1.54) is 10.2 Å². The molecule has 0 bridgehead atoms. The first-order valence-corrected chi connectivity index (χ1v) is 10.3. The summed E-state index contributed by atoms with van der Waals surface area (Å²) >= 11 is 12.5. The highest BCUT2D eigenvalue weighted by atomic mass is 35.5. The van der Waals surface area contributed by atoms with Gasteiger partial charge in [-0.2, -0.15) is 0 Å². The zero-order valence-corrected chi connectivity index (χ0v) is 16.6. The number of rotatable bonds is 3. The maximum atomic E-state index is 13.2. The van der Waals surface area contributed by atoms with Crippen molar-refractivity contribution < 1.29 is 8.42 Å². The molecule has 0 aliphatic carbocycles. The fraction of sp³-hybridized carbons (Fsp3) is 0.0500. The molecule has 2 aromatic carbocycles. The third-order valence-electron chi connectivity index (χ3n) is 4.32.